The van der Waals surface area contributed by atoms with Gasteiger partial charge in [0.2, 0.25) is 0 Å². The van der Waals surface area contributed by atoms with Crippen molar-refractivity contribution in [2.24, 2.45) is 5.73 Å². The van der Waals surface area contributed by atoms with Crippen LogP contribution in [0.3, 0.4) is 0 Å². The molecule has 0 unspecified atom stereocenters. The zero-order valence-electron chi connectivity index (χ0n) is 9.22. The van der Waals surface area contributed by atoms with E-state index in [2.05, 4.69) is 41.1 Å². The predicted octanol–water partition coefficient (Wildman–Crippen LogP) is 3.88. The summed E-state index contributed by atoms with van der Waals surface area (Å²) in [5, 5.41) is 0. The molecule has 1 saturated carbocycles. The van der Waals surface area contributed by atoms with Gasteiger partial charge in [-0.25, -0.2) is 0 Å². The molecule has 0 atom stereocenters. The summed E-state index contributed by atoms with van der Waals surface area (Å²) in [5.74, 6) is 0. The third-order valence-corrected chi connectivity index (χ3v) is 4.53. The van der Waals surface area contributed by atoms with Crippen LogP contribution in [0, 0.1) is 6.92 Å². The van der Waals surface area contributed by atoms with Gasteiger partial charge >= 0.3 is 0 Å². The van der Waals surface area contributed by atoms with Crippen LogP contribution in [0.15, 0.2) is 22.7 Å². The van der Waals surface area contributed by atoms with Gasteiger partial charge in [-0.1, -0.05) is 53.4 Å². The quantitative estimate of drug-likeness (QED) is 0.821. The van der Waals surface area contributed by atoms with Gasteiger partial charge in [0.15, 0.2) is 0 Å². The standard InChI is InChI=1S/C13H18BrN/c1-10-6-5-7-11(12(10)14)13(15)8-3-2-4-9-13/h5-7H,2-4,8-9,15H2,1H3. The van der Waals surface area contributed by atoms with Gasteiger partial charge in [0.25, 0.3) is 0 Å². The number of benzene rings is 1. The van der Waals surface area contributed by atoms with Gasteiger partial charge in [-0.3, -0.25) is 0 Å². The van der Waals surface area contributed by atoms with Crippen LogP contribution < -0.4 is 5.73 Å². The van der Waals surface area contributed by atoms with Crippen LogP contribution in [-0.2, 0) is 5.54 Å². The minimum atomic E-state index is -0.0941. The molecule has 2 rings (SSSR count). The Labute approximate surface area is 100 Å². The van der Waals surface area contributed by atoms with Crippen LogP contribution in [0.4, 0.5) is 0 Å². The van der Waals surface area contributed by atoms with Gasteiger partial charge in [0.1, 0.15) is 0 Å². The van der Waals surface area contributed by atoms with Crippen molar-refractivity contribution in [1.82, 2.24) is 0 Å². The Kier molecular flexibility index (Phi) is 3.17. The number of aryl methyl sites for hydroxylation is 1. The van der Waals surface area contributed by atoms with Crippen LogP contribution in [-0.4, -0.2) is 0 Å². The first-order valence-corrected chi connectivity index (χ1v) is 6.47. The molecule has 0 aromatic heterocycles. The average Bonchev–Trinajstić information content (AvgIpc) is 2.23. The van der Waals surface area contributed by atoms with Crippen LogP contribution in [0.2, 0.25) is 0 Å². The summed E-state index contributed by atoms with van der Waals surface area (Å²) < 4.78 is 1.20. The summed E-state index contributed by atoms with van der Waals surface area (Å²) in [6, 6.07) is 6.40. The van der Waals surface area contributed by atoms with E-state index in [1.807, 2.05) is 0 Å². The van der Waals surface area contributed by atoms with Crippen molar-refractivity contribution >= 4 is 15.9 Å². The van der Waals surface area contributed by atoms with E-state index >= 15 is 0 Å². The Bertz CT molecular complexity index is 354. The highest BCUT2D eigenvalue weighted by Gasteiger charge is 2.31. The lowest BCUT2D eigenvalue weighted by Gasteiger charge is -2.35. The maximum Gasteiger partial charge on any atom is 0.0421 e. The maximum absolute atomic E-state index is 6.52. The molecule has 1 nitrogen and oxygen atoms in total. The summed E-state index contributed by atoms with van der Waals surface area (Å²) in [5.41, 5.74) is 9.00. The Morgan fingerprint density at radius 1 is 1.20 bits per heavy atom. The molecule has 1 aromatic carbocycles. The first-order valence-electron chi connectivity index (χ1n) is 5.68. The monoisotopic (exact) mass is 267 g/mol. The van der Waals surface area contributed by atoms with Crippen molar-refractivity contribution in [3.8, 4) is 0 Å². The number of hydrogen-bond acceptors (Lipinski definition) is 1. The largest absolute Gasteiger partial charge is 0.321 e. The normalized spacial score (nSPS) is 20.2. The molecule has 1 aliphatic carbocycles. The van der Waals surface area contributed by atoms with E-state index in [9.17, 15) is 0 Å². The van der Waals surface area contributed by atoms with Crippen molar-refractivity contribution in [3.05, 3.63) is 33.8 Å². The predicted molar refractivity (Wildman–Crippen MR) is 67.8 cm³/mol. The molecule has 2 N–H and O–H groups in total. The molecule has 0 bridgehead atoms. The first kappa shape index (κ1) is 11.2. The average molecular weight is 268 g/mol. The molecule has 0 spiro atoms. The van der Waals surface area contributed by atoms with Gasteiger partial charge in [-0.2, -0.15) is 0 Å². The van der Waals surface area contributed by atoms with Crippen LogP contribution >= 0.6 is 15.9 Å². The molecule has 0 amide bonds. The van der Waals surface area contributed by atoms with Crippen molar-refractivity contribution < 1.29 is 0 Å². The summed E-state index contributed by atoms with van der Waals surface area (Å²) in [4.78, 5) is 0. The van der Waals surface area contributed by atoms with E-state index < -0.39 is 0 Å². The summed E-state index contributed by atoms with van der Waals surface area (Å²) in [6.45, 7) is 2.12. The highest BCUT2D eigenvalue weighted by Crippen LogP contribution is 2.39. The zero-order valence-corrected chi connectivity index (χ0v) is 10.8. The molecule has 2 heteroatoms. The highest BCUT2D eigenvalue weighted by atomic mass is 79.9. The number of nitrogens with two attached hydrogens (primary N) is 1. The smallest absolute Gasteiger partial charge is 0.0421 e. The van der Waals surface area contributed by atoms with Crippen molar-refractivity contribution in [3.63, 3.8) is 0 Å². The SMILES string of the molecule is Cc1cccc(C2(N)CCCCC2)c1Br. The molecule has 0 heterocycles. The Balaban J connectivity index is 2.39. The topological polar surface area (TPSA) is 26.0 Å². The Morgan fingerprint density at radius 3 is 2.53 bits per heavy atom. The molecular weight excluding hydrogens is 250 g/mol. The number of hydrogen-bond donors (Lipinski definition) is 1. The number of halogens is 1. The van der Waals surface area contributed by atoms with E-state index in [0.29, 0.717) is 0 Å². The van der Waals surface area contributed by atoms with E-state index in [4.69, 9.17) is 5.73 Å². The van der Waals surface area contributed by atoms with Crippen molar-refractivity contribution in [1.29, 1.82) is 0 Å². The maximum atomic E-state index is 6.52. The lowest BCUT2D eigenvalue weighted by molar-refractivity contribution is 0.301. The fraction of sp³-hybridized carbons (Fsp3) is 0.538. The van der Waals surface area contributed by atoms with Crippen molar-refractivity contribution in [2.75, 3.05) is 0 Å². The number of rotatable bonds is 1. The van der Waals surface area contributed by atoms with Gasteiger partial charge < -0.3 is 5.73 Å². The van der Waals surface area contributed by atoms with Gasteiger partial charge in [0.05, 0.1) is 0 Å². The van der Waals surface area contributed by atoms with Crippen LogP contribution in [0.25, 0.3) is 0 Å². The molecule has 82 valence electrons. The minimum absolute atomic E-state index is 0.0941. The lowest BCUT2D eigenvalue weighted by atomic mass is 9.77. The lowest BCUT2D eigenvalue weighted by Crippen LogP contribution is -2.39. The molecule has 15 heavy (non-hydrogen) atoms. The zero-order chi connectivity index (χ0) is 10.9. The van der Waals surface area contributed by atoms with E-state index in [1.165, 1.54) is 34.9 Å². The third-order valence-electron chi connectivity index (χ3n) is 3.47. The minimum Gasteiger partial charge on any atom is -0.321 e. The highest BCUT2D eigenvalue weighted by molar-refractivity contribution is 9.10. The summed E-state index contributed by atoms with van der Waals surface area (Å²) in [6.07, 6.45) is 6.10. The van der Waals surface area contributed by atoms with Crippen LogP contribution in [0.1, 0.15) is 43.2 Å². The van der Waals surface area contributed by atoms with E-state index in [-0.39, 0.29) is 5.54 Å². The molecule has 1 fully saturated rings. The summed E-state index contributed by atoms with van der Waals surface area (Å²) in [7, 11) is 0. The summed E-state index contributed by atoms with van der Waals surface area (Å²) >= 11 is 3.67. The molecule has 0 saturated heterocycles. The van der Waals surface area contributed by atoms with Crippen LogP contribution in [0.5, 0.6) is 0 Å². The molecule has 0 radical (unpaired) electrons. The Hall–Kier alpha value is -0.340. The Morgan fingerprint density at radius 2 is 1.87 bits per heavy atom. The second kappa shape index (κ2) is 4.26. The first-order chi connectivity index (χ1) is 7.13. The van der Waals surface area contributed by atoms with E-state index in [1.54, 1.807) is 0 Å². The molecule has 1 aromatic rings. The van der Waals surface area contributed by atoms with Gasteiger partial charge in [0, 0.05) is 10.0 Å². The fourth-order valence-corrected chi connectivity index (χ4v) is 3.14. The van der Waals surface area contributed by atoms with Crippen molar-refractivity contribution in [2.45, 2.75) is 44.6 Å². The molecule has 1 aliphatic rings. The third kappa shape index (κ3) is 2.11. The molecule has 0 aliphatic heterocycles. The van der Waals surface area contributed by atoms with E-state index in [0.717, 1.165) is 12.8 Å². The fourth-order valence-electron chi connectivity index (χ4n) is 2.48. The van der Waals surface area contributed by atoms with Gasteiger partial charge in [-0.15, -0.1) is 0 Å². The van der Waals surface area contributed by atoms with Gasteiger partial charge in [-0.05, 0) is 30.9 Å². The second-order valence-electron chi connectivity index (χ2n) is 4.65. The molecular formula is C13H18BrN. The second-order valence-corrected chi connectivity index (χ2v) is 5.45.